The number of para-hydroxylation sites is 1. The molecule has 0 radical (unpaired) electrons. The predicted molar refractivity (Wildman–Crippen MR) is 114 cm³/mol. The molecule has 0 unspecified atom stereocenters. The van der Waals surface area contributed by atoms with Crippen LogP contribution in [0.4, 0.5) is 0 Å². The van der Waals surface area contributed by atoms with E-state index in [1.54, 1.807) is 49.2 Å². The molecule has 0 atom stereocenters. The fourth-order valence-electron chi connectivity index (χ4n) is 2.98. The van der Waals surface area contributed by atoms with Gasteiger partial charge in [0.05, 0.1) is 28.1 Å². The van der Waals surface area contributed by atoms with Crippen LogP contribution in [0.25, 0.3) is 22.2 Å². The Bertz CT molecular complexity index is 1080. The zero-order chi connectivity index (χ0) is 20.5. The molecule has 5 nitrogen and oxygen atoms in total. The molecular weight excluding hydrogens is 399 g/mol. The first kappa shape index (κ1) is 20.6. The molecule has 3 rings (SSSR count). The van der Waals surface area contributed by atoms with Gasteiger partial charge in [-0.2, -0.15) is 5.10 Å². The summed E-state index contributed by atoms with van der Waals surface area (Å²) in [5, 5.41) is 5.83. The summed E-state index contributed by atoms with van der Waals surface area (Å²) >= 11 is 12.5. The molecule has 0 aliphatic rings. The van der Waals surface area contributed by atoms with E-state index in [9.17, 15) is 4.79 Å². The normalized spacial score (nSPS) is 11.8. The van der Waals surface area contributed by atoms with Crippen molar-refractivity contribution in [2.75, 3.05) is 14.2 Å². The van der Waals surface area contributed by atoms with E-state index in [-0.39, 0.29) is 16.7 Å². The van der Waals surface area contributed by atoms with Crippen molar-refractivity contribution < 1.29 is 9.47 Å². The van der Waals surface area contributed by atoms with Gasteiger partial charge < -0.3 is 9.47 Å². The Hall–Kier alpha value is -2.08. The molecule has 0 bridgehead atoms. The van der Waals surface area contributed by atoms with Crippen LogP contribution in [-0.4, -0.2) is 29.6 Å². The van der Waals surface area contributed by atoms with Crippen LogP contribution >= 0.6 is 23.2 Å². The van der Waals surface area contributed by atoms with Crippen LogP contribution in [0.1, 0.15) is 20.3 Å². The summed E-state index contributed by atoms with van der Waals surface area (Å²) in [4.78, 5) is 13.2. The first-order chi connectivity index (χ1) is 13.3. The minimum Gasteiger partial charge on any atom is -0.494 e. The van der Waals surface area contributed by atoms with Crippen molar-refractivity contribution in [2.45, 2.75) is 32.4 Å². The summed E-state index contributed by atoms with van der Waals surface area (Å²) in [6.07, 6.45) is 0.690. The summed E-state index contributed by atoms with van der Waals surface area (Å²) in [7, 11) is 3.25. The molecule has 7 heteroatoms. The third-order valence-electron chi connectivity index (χ3n) is 4.84. The maximum atomic E-state index is 13.2. The average molecular weight is 421 g/mol. The second kappa shape index (κ2) is 8.11. The van der Waals surface area contributed by atoms with Crippen molar-refractivity contribution in [3.63, 3.8) is 0 Å². The highest BCUT2D eigenvalue weighted by Crippen LogP contribution is 2.33. The molecule has 0 aliphatic heterocycles. The molecule has 148 valence electrons. The SMILES string of the molecule is COc1cccc2c(=O)c(-c3cccc(Cl)c3Cl)nn(CCC(C)(C)OC)c12. The van der Waals surface area contributed by atoms with E-state index < -0.39 is 0 Å². The number of hydrogen-bond acceptors (Lipinski definition) is 4. The molecule has 0 saturated carbocycles. The summed E-state index contributed by atoms with van der Waals surface area (Å²) in [6.45, 7) is 4.54. The molecule has 28 heavy (non-hydrogen) atoms. The van der Waals surface area contributed by atoms with Crippen LogP contribution in [0.3, 0.4) is 0 Å². The van der Waals surface area contributed by atoms with Gasteiger partial charge in [0.25, 0.3) is 0 Å². The molecule has 0 fully saturated rings. The summed E-state index contributed by atoms with van der Waals surface area (Å²) < 4.78 is 12.8. The van der Waals surface area contributed by atoms with Crippen molar-refractivity contribution in [3.8, 4) is 17.0 Å². The quantitative estimate of drug-likeness (QED) is 0.550. The lowest BCUT2D eigenvalue weighted by Gasteiger charge is -2.24. The van der Waals surface area contributed by atoms with Crippen LogP contribution < -0.4 is 10.2 Å². The van der Waals surface area contributed by atoms with Gasteiger partial charge in [-0.15, -0.1) is 0 Å². The monoisotopic (exact) mass is 420 g/mol. The number of aromatic nitrogens is 2. The lowest BCUT2D eigenvalue weighted by Crippen LogP contribution is -2.26. The van der Waals surface area contributed by atoms with Crippen molar-refractivity contribution in [3.05, 3.63) is 56.7 Å². The van der Waals surface area contributed by atoms with E-state index in [0.717, 1.165) is 0 Å². The number of hydrogen-bond donors (Lipinski definition) is 0. The Kier molecular flexibility index (Phi) is 5.98. The van der Waals surface area contributed by atoms with E-state index in [0.29, 0.717) is 45.2 Å². The fourth-order valence-corrected chi connectivity index (χ4v) is 3.37. The molecule has 1 heterocycles. The van der Waals surface area contributed by atoms with Crippen molar-refractivity contribution >= 4 is 34.1 Å². The highest BCUT2D eigenvalue weighted by Gasteiger charge is 2.21. The number of halogens is 2. The lowest BCUT2D eigenvalue weighted by molar-refractivity contribution is 0.0115. The van der Waals surface area contributed by atoms with E-state index in [4.69, 9.17) is 32.7 Å². The lowest BCUT2D eigenvalue weighted by atomic mass is 10.0. The predicted octanol–water partition coefficient (Wildman–Crippen LogP) is 5.19. The van der Waals surface area contributed by atoms with Gasteiger partial charge in [0, 0.05) is 19.2 Å². The average Bonchev–Trinajstić information content (AvgIpc) is 2.69. The van der Waals surface area contributed by atoms with Gasteiger partial charge in [0.1, 0.15) is 17.0 Å². The number of fused-ring (bicyclic) bond motifs is 1. The van der Waals surface area contributed by atoms with Crippen molar-refractivity contribution in [2.24, 2.45) is 0 Å². The number of ether oxygens (including phenoxy) is 2. The minimum absolute atomic E-state index is 0.222. The standard InChI is InChI=1S/C21H22Cl2N2O3/c1-21(2,28-4)11-12-25-19-14(8-6-10-16(19)27-3)20(26)18(24-25)13-7-5-9-15(22)17(13)23/h5-10H,11-12H2,1-4H3. The maximum Gasteiger partial charge on any atom is 0.216 e. The van der Waals surface area contributed by atoms with Gasteiger partial charge >= 0.3 is 0 Å². The maximum absolute atomic E-state index is 13.2. The molecule has 3 aromatic rings. The zero-order valence-electron chi connectivity index (χ0n) is 16.3. The number of benzene rings is 2. The highest BCUT2D eigenvalue weighted by atomic mass is 35.5. The highest BCUT2D eigenvalue weighted by molar-refractivity contribution is 6.43. The van der Waals surface area contributed by atoms with E-state index in [1.807, 2.05) is 19.9 Å². The van der Waals surface area contributed by atoms with Gasteiger partial charge in [0.15, 0.2) is 0 Å². The van der Waals surface area contributed by atoms with Gasteiger partial charge in [0.2, 0.25) is 5.43 Å². The topological polar surface area (TPSA) is 53.3 Å². The van der Waals surface area contributed by atoms with Crippen LogP contribution in [0, 0.1) is 0 Å². The number of rotatable bonds is 6. The largest absolute Gasteiger partial charge is 0.494 e. The molecule has 0 spiro atoms. The molecule has 0 aliphatic carbocycles. The second-order valence-corrected chi connectivity index (χ2v) is 7.86. The zero-order valence-corrected chi connectivity index (χ0v) is 17.8. The first-order valence-corrected chi connectivity index (χ1v) is 9.62. The van der Waals surface area contributed by atoms with Gasteiger partial charge in [-0.25, -0.2) is 0 Å². The minimum atomic E-state index is -0.340. The van der Waals surface area contributed by atoms with Gasteiger partial charge in [-0.05, 0) is 38.5 Å². The Morgan fingerprint density at radius 2 is 1.82 bits per heavy atom. The molecule has 1 aromatic heterocycles. The third-order valence-corrected chi connectivity index (χ3v) is 5.66. The summed E-state index contributed by atoms with van der Waals surface area (Å²) in [6, 6.07) is 10.5. The molecule has 0 saturated heterocycles. The molecule has 0 amide bonds. The fraction of sp³-hybridized carbons (Fsp3) is 0.333. The van der Waals surface area contributed by atoms with Crippen LogP contribution in [0.5, 0.6) is 5.75 Å². The second-order valence-electron chi connectivity index (χ2n) is 7.07. The molecule has 2 aromatic carbocycles. The van der Waals surface area contributed by atoms with E-state index >= 15 is 0 Å². The number of nitrogens with zero attached hydrogens (tertiary/aromatic N) is 2. The smallest absolute Gasteiger partial charge is 0.216 e. The van der Waals surface area contributed by atoms with Crippen LogP contribution in [-0.2, 0) is 11.3 Å². The van der Waals surface area contributed by atoms with E-state index in [2.05, 4.69) is 5.10 Å². The van der Waals surface area contributed by atoms with Crippen molar-refractivity contribution in [1.82, 2.24) is 9.78 Å². The van der Waals surface area contributed by atoms with Crippen LogP contribution in [0.15, 0.2) is 41.2 Å². The number of aryl methyl sites for hydroxylation is 1. The first-order valence-electron chi connectivity index (χ1n) is 8.86. The Morgan fingerprint density at radius 1 is 1.11 bits per heavy atom. The van der Waals surface area contributed by atoms with Crippen LogP contribution in [0.2, 0.25) is 10.0 Å². The summed E-state index contributed by atoms with van der Waals surface area (Å²) in [5.41, 5.74) is 0.837. The summed E-state index contributed by atoms with van der Waals surface area (Å²) in [5.74, 6) is 0.584. The van der Waals surface area contributed by atoms with Gasteiger partial charge in [-0.3, -0.25) is 9.48 Å². The molecule has 0 N–H and O–H groups in total. The molecular formula is C21H22Cl2N2O3. The Morgan fingerprint density at radius 3 is 2.50 bits per heavy atom. The van der Waals surface area contributed by atoms with Crippen molar-refractivity contribution in [1.29, 1.82) is 0 Å². The Labute approximate surface area is 173 Å². The Balaban J connectivity index is 2.28. The van der Waals surface area contributed by atoms with E-state index in [1.165, 1.54) is 0 Å². The van der Waals surface area contributed by atoms with Gasteiger partial charge in [-0.1, -0.05) is 41.4 Å². The number of methoxy groups -OCH3 is 2. The third kappa shape index (κ3) is 3.88.